The predicted octanol–water partition coefficient (Wildman–Crippen LogP) is 3.55. The summed E-state index contributed by atoms with van der Waals surface area (Å²) < 4.78 is 1.02. The summed E-state index contributed by atoms with van der Waals surface area (Å²) in [6.07, 6.45) is 4.37. The number of anilines is 1. The first-order valence-corrected chi connectivity index (χ1v) is 8.58. The summed E-state index contributed by atoms with van der Waals surface area (Å²) in [5, 5.41) is 3.61. The average Bonchev–Trinajstić information content (AvgIpc) is 2.82. The molecule has 0 spiro atoms. The molecule has 0 aliphatic carbocycles. The van der Waals surface area contributed by atoms with Crippen LogP contribution in [0.4, 0.5) is 5.82 Å². The molecule has 0 aromatic carbocycles. The van der Waals surface area contributed by atoms with E-state index in [1.807, 2.05) is 19.1 Å². The number of halogens is 1. The van der Waals surface area contributed by atoms with Gasteiger partial charge in [-0.05, 0) is 55.1 Å². The summed E-state index contributed by atoms with van der Waals surface area (Å²) >= 11 is 7.78. The highest BCUT2D eigenvalue weighted by Crippen LogP contribution is 2.35. The molecule has 23 heavy (non-hydrogen) atoms. The third kappa shape index (κ3) is 3.60. The van der Waals surface area contributed by atoms with Crippen LogP contribution < -0.4 is 11.1 Å². The molecule has 0 aliphatic heterocycles. The molecule has 0 saturated carbocycles. The van der Waals surface area contributed by atoms with Gasteiger partial charge in [0.25, 0.3) is 0 Å². The molecular weight excluding hydrogens is 330 g/mol. The quantitative estimate of drug-likeness (QED) is 0.690. The normalized spacial score (nSPS) is 12.5. The first-order chi connectivity index (χ1) is 11.0. The Morgan fingerprint density at radius 3 is 2.74 bits per heavy atom. The lowest BCUT2D eigenvalue weighted by atomic mass is 10.1. The number of rotatable bonds is 5. The van der Waals surface area contributed by atoms with E-state index in [4.69, 9.17) is 17.3 Å². The predicted molar refractivity (Wildman–Crippen MR) is 96.1 cm³/mol. The summed E-state index contributed by atoms with van der Waals surface area (Å²) in [5.74, 6) is 0.765. The fraction of sp³-hybridized carbons (Fsp3) is 0.312. The Hall–Kier alpha value is -1.76. The van der Waals surface area contributed by atoms with Gasteiger partial charge in [0.15, 0.2) is 0 Å². The lowest BCUT2D eigenvalue weighted by Crippen LogP contribution is -2.17. The Bertz CT molecular complexity index is 816. The van der Waals surface area contributed by atoms with Crippen LogP contribution >= 0.6 is 22.9 Å². The molecule has 3 heterocycles. The van der Waals surface area contributed by atoms with Crippen molar-refractivity contribution in [3.8, 4) is 0 Å². The second-order valence-electron chi connectivity index (χ2n) is 5.56. The van der Waals surface area contributed by atoms with Crippen LogP contribution in [0.2, 0.25) is 5.28 Å². The van der Waals surface area contributed by atoms with Gasteiger partial charge in [0.1, 0.15) is 5.82 Å². The van der Waals surface area contributed by atoms with Crippen LogP contribution in [0.5, 0.6) is 0 Å². The van der Waals surface area contributed by atoms with E-state index < -0.39 is 0 Å². The maximum Gasteiger partial charge on any atom is 0.224 e. The van der Waals surface area contributed by atoms with Gasteiger partial charge in [0.05, 0.1) is 10.2 Å². The van der Waals surface area contributed by atoms with Gasteiger partial charge in [0, 0.05) is 29.9 Å². The van der Waals surface area contributed by atoms with Crippen LogP contribution in [0.1, 0.15) is 22.9 Å². The van der Waals surface area contributed by atoms with Crippen LogP contribution in [0.15, 0.2) is 24.5 Å². The number of hydrogen-bond donors (Lipinski definition) is 2. The van der Waals surface area contributed by atoms with Gasteiger partial charge >= 0.3 is 0 Å². The van der Waals surface area contributed by atoms with Gasteiger partial charge in [-0.15, -0.1) is 11.3 Å². The van der Waals surface area contributed by atoms with Crippen molar-refractivity contribution in [1.82, 2.24) is 15.0 Å². The molecule has 0 aliphatic rings. The zero-order valence-electron chi connectivity index (χ0n) is 13.0. The number of nitrogens with one attached hydrogen (secondary N) is 1. The van der Waals surface area contributed by atoms with Crippen LogP contribution in [-0.4, -0.2) is 21.0 Å². The van der Waals surface area contributed by atoms with Gasteiger partial charge < -0.3 is 11.1 Å². The van der Waals surface area contributed by atoms with E-state index in [2.05, 4.69) is 27.2 Å². The SMILES string of the molecule is Cc1c(CC(C)N)sc2c(NCc3ccncc3)nc(Cl)nc12. The monoisotopic (exact) mass is 347 g/mol. The van der Waals surface area contributed by atoms with E-state index in [0.717, 1.165) is 33.6 Å². The number of aryl methyl sites for hydroxylation is 1. The molecule has 0 fully saturated rings. The number of hydrogen-bond acceptors (Lipinski definition) is 6. The molecule has 3 aromatic heterocycles. The topological polar surface area (TPSA) is 76.7 Å². The number of nitrogens with zero attached hydrogens (tertiary/aromatic N) is 3. The molecule has 5 nitrogen and oxygen atoms in total. The van der Waals surface area contributed by atoms with Crippen LogP contribution in [0.25, 0.3) is 10.2 Å². The average molecular weight is 348 g/mol. The fourth-order valence-corrected chi connectivity index (χ4v) is 3.92. The zero-order valence-corrected chi connectivity index (χ0v) is 14.6. The molecule has 0 bridgehead atoms. The Morgan fingerprint density at radius 1 is 1.30 bits per heavy atom. The third-order valence-electron chi connectivity index (χ3n) is 3.55. The Labute approximate surface area is 143 Å². The van der Waals surface area contributed by atoms with Crippen LogP contribution in [0.3, 0.4) is 0 Å². The lowest BCUT2D eigenvalue weighted by molar-refractivity contribution is 0.744. The van der Waals surface area contributed by atoms with Crippen LogP contribution in [-0.2, 0) is 13.0 Å². The molecule has 0 amide bonds. The first kappa shape index (κ1) is 16.1. The summed E-state index contributed by atoms with van der Waals surface area (Å²) in [4.78, 5) is 14.0. The second kappa shape index (κ2) is 6.78. The third-order valence-corrected chi connectivity index (χ3v) is 5.03. The van der Waals surface area contributed by atoms with Gasteiger partial charge in [0.2, 0.25) is 5.28 Å². The van der Waals surface area contributed by atoms with Crippen molar-refractivity contribution in [2.45, 2.75) is 32.9 Å². The molecular formula is C16H18ClN5S. The molecule has 3 rings (SSSR count). The highest BCUT2D eigenvalue weighted by molar-refractivity contribution is 7.19. The minimum atomic E-state index is 0.110. The van der Waals surface area contributed by atoms with E-state index in [1.54, 1.807) is 23.7 Å². The van der Waals surface area contributed by atoms with Crippen molar-refractivity contribution < 1.29 is 0 Å². The molecule has 1 unspecified atom stereocenters. The Balaban J connectivity index is 1.96. The first-order valence-electron chi connectivity index (χ1n) is 7.38. The number of thiophene rings is 1. The van der Waals surface area contributed by atoms with Crippen molar-refractivity contribution in [2.24, 2.45) is 5.73 Å². The van der Waals surface area contributed by atoms with Crippen molar-refractivity contribution >= 4 is 39.0 Å². The Morgan fingerprint density at radius 2 is 2.04 bits per heavy atom. The largest absolute Gasteiger partial charge is 0.365 e. The lowest BCUT2D eigenvalue weighted by Gasteiger charge is -2.07. The van der Waals surface area contributed by atoms with E-state index in [0.29, 0.717) is 6.54 Å². The van der Waals surface area contributed by atoms with Crippen molar-refractivity contribution in [3.63, 3.8) is 0 Å². The molecule has 3 N–H and O–H groups in total. The summed E-state index contributed by atoms with van der Waals surface area (Å²) in [5.41, 5.74) is 9.12. The molecule has 0 saturated heterocycles. The standard InChI is InChI=1S/C16H18ClN5S/c1-9(18)7-12-10(2)13-14(23-12)15(22-16(17)21-13)20-8-11-3-5-19-6-4-11/h3-6,9H,7-8,18H2,1-2H3,(H,20,21,22). The van der Waals surface area contributed by atoms with Gasteiger partial charge in [-0.3, -0.25) is 4.98 Å². The van der Waals surface area contributed by atoms with Gasteiger partial charge in [-0.1, -0.05) is 0 Å². The van der Waals surface area contributed by atoms with Crippen molar-refractivity contribution in [2.75, 3.05) is 5.32 Å². The minimum absolute atomic E-state index is 0.110. The summed E-state index contributed by atoms with van der Waals surface area (Å²) in [6.45, 7) is 4.72. The fourth-order valence-electron chi connectivity index (χ4n) is 2.40. The number of fused-ring (bicyclic) bond motifs is 1. The number of aromatic nitrogens is 3. The van der Waals surface area contributed by atoms with Crippen molar-refractivity contribution in [1.29, 1.82) is 0 Å². The Kier molecular flexibility index (Phi) is 4.75. The molecule has 0 radical (unpaired) electrons. The maximum atomic E-state index is 6.10. The zero-order chi connectivity index (χ0) is 16.4. The maximum absolute atomic E-state index is 6.10. The van der Waals surface area contributed by atoms with E-state index in [1.165, 1.54) is 4.88 Å². The summed E-state index contributed by atoms with van der Waals surface area (Å²) in [6, 6.07) is 4.04. The number of nitrogens with two attached hydrogens (primary N) is 1. The molecule has 3 aromatic rings. The van der Waals surface area contributed by atoms with Gasteiger partial charge in [-0.25, -0.2) is 4.98 Å². The highest BCUT2D eigenvalue weighted by Gasteiger charge is 2.16. The highest BCUT2D eigenvalue weighted by atomic mass is 35.5. The minimum Gasteiger partial charge on any atom is -0.365 e. The molecule has 1 atom stereocenters. The van der Waals surface area contributed by atoms with Gasteiger partial charge in [-0.2, -0.15) is 4.98 Å². The smallest absolute Gasteiger partial charge is 0.224 e. The van der Waals surface area contributed by atoms with E-state index in [9.17, 15) is 0 Å². The molecule has 120 valence electrons. The van der Waals surface area contributed by atoms with Crippen molar-refractivity contribution in [3.05, 3.63) is 45.8 Å². The molecule has 7 heteroatoms. The number of pyridine rings is 1. The van der Waals surface area contributed by atoms with E-state index in [-0.39, 0.29) is 11.3 Å². The second-order valence-corrected chi connectivity index (χ2v) is 7.00. The van der Waals surface area contributed by atoms with Crippen LogP contribution in [0, 0.1) is 6.92 Å². The van der Waals surface area contributed by atoms with E-state index >= 15 is 0 Å². The summed E-state index contributed by atoms with van der Waals surface area (Å²) in [7, 11) is 0.